The van der Waals surface area contributed by atoms with E-state index in [9.17, 15) is 9.50 Å². The average molecular weight is 382 g/mol. The molecular weight excluding hydrogens is 355 g/mol. The van der Waals surface area contributed by atoms with E-state index in [0.717, 1.165) is 48.5 Å². The molecule has 0 aliphatic carbocycles. The lowest BCUT2D eigenvalue weighted by Crippen LogP contribution is -2.28. The molecule has 0 bridgehead atoms. The highest BCUT2D eigenvalue weighted by Crippen LogP contribution is 2.27. The Hall–Kier alpha value is -2.86. The lowest BCUT2D eigenvalue weighted by atomic mass is 10.1. The molecule has 0 fully saturated rings. The van der Waals surface area contributed by atoms with Gasteiger partial charge in [-0.2, -0.15) is 0 Å². The van der Waals surface area contributed by atoms with Gasteiger partial charge in [-0.25, -0.2) is 4.39 Å². The van der Waals surface area contributed by atoms with Gasteiger partial charge in [0.25, 0.3) is 0 Å². The first kappa shape index (κ1) is 19.9. The SMILES string of the molecule is CCN(CC)CCNc1ccc(N=Cc2c(O)[nH]c3cc(F)ccc23)cc1C. The maximum atomic E-state index is 13.3. The van der Waals surface area contributed by atoms with Crippen LogP contribution in [-0.2, 0) is 0 Å². The molecule has 28 heavy (non-hydrogen) atoms. The second-order valence-corrected chi connectivity index (χ2v) is 6.79. The Morgan fingerprint density at radius 2 is 1.96 bits per heavy atom. The number of rotatable bonds is 8. The fourth-order valence-electron chi connectivity index (χ4n) is 3.26. The fourth-order valence-corrected chi connectivity index (χ4v) is 3.26. The molecule has 3 aromatic rings. The van der Waals surface area contributed by atoms with E-state index in [0.29, 0.717) is 11.1 Å². The standard InChI is InChI=1S/C22H27FN4O/c1-4-27(5-2)11-10-24-20-9-7-17(12-15(20)3)25-14-19-18-8-6-16(23)13-21(18)26-22(19)28/h6-9,12-14,24,26,28H,4-5,10-11H2,1-3H3. The van der Waals surface area contributed by atoms with Crippen LogP contribution in [0, 0.1) is 12.7 Å². The third-order valence-corrected chi connectivity index (χ3v) is 4.97. The third-order valence-electron chi connectivity index (χ3n) is 4.97. The molecule has 0 aliphatic rings. The molecular formula is C22H27FN4O. The first-order chi connectivity index (χ1) is 13.5. The Balaban J connectivity index is 1.72. The number of hydrogen-bond donors (Lipinski definition) is 3. The monoisotopic (exact) mass is 382 g/mol. The van der Waals surface area contributed by atoms with Crippen LogP contribution in [0.3, 0.4) is 0 Å². The molecule has 0 saturated heterocycles. The maximum absolute atomic E-state index is 13.3. The Bertz CT molecular complexity index is 976. The van der Waals surface area contributed by atoms with Crippen molar-refractivity contribution in [1.82, 2.24) is 9.88 Å². The van der Waals surface area contributed by atoms with Crippen molar-refractivity contribution >= 4 is 28.5 Å². The zero-order chi connectivity index (χ0) is 20.1. The summed E-state index contributed by atoms with van der Waals surface area (Å²) < 4.78 is 13.3. The molecule has 0 atom stereocenters. The summed E-state index contributed by atoms with van der Waals surface area (Å²) in [7, 11) is 0. The van der Waals surface area contributed by atoms with Gasteiger partial charge in [-0.1, -0.05) is 13.8 Å². The minimum Gasteiger partial charge on any atom is -0.494 e. The number of H-pyrrole nitrogens is 1. The number of benzene rings is 2. The number of aliphatic imine (C=N–C) groups is 1. The molecule has 3 N–H and O–H groups in total. The summed E-state index contributed by atoms with van der Waals surface area (Å²) >= 11 is 0. The summed E-state index contributed by atoms with van der Waals surface area (Å²) in [6, 6.07) is 10.3. The van der Waals surface area contributed by atoms with E-state index in [1.165, 1.54) is 12.1 Å². The Morgan fingerprint density at radius 1 is 1.18 bits per heavy atom. The number of likely N-dealkylation sites (N-methyl/N-ethyl adjacent to an activating group) is 1. The topological polar surface area (TPSA) is 63.6 Å². The minimum absolute atomic E-state index is 0.0178. The molecule has 5 nitrogen and oxygen atoms in total. The predicted molar refractivity (Wildman–Crippen MR) is 115 cm³/mol. The van der Waals surface area contributed by atoms with Crippen molar-refractivity contribution in [2.75, 3.05) is 31.5 Å². The summed E-state index contributed by atoms with van der Waals surface area (Å²) in [6.45, 7) is 10.4. The first-order valence-electron chi connectivity index (χ1n) is 9.63. The highest BCUT2D eigenvalue weighted by molar-refractivity contribution is 6.02. The second kappa shape index (κ2) is 8.89. The normalized spacial score (nSPS) is 11.8. The summed E-state index contributed by atoms with van der Waals surface area (Å²) in [4.78, 5) is 9.64. The number of nitrogens with zero attached hydrogens (tertiary/aromatic N) is 2. The quantitative estimate of drug-likeness (QED) is 0.489. The van der Waals surface area contributed by atoms with Crippen LogP contribution < -0.4 is 5.32 Å². The molecule has 0 spiro atoms. The van der Waals surface area contributed by atoms with Gasteiger partial charge in [-0.05, 0) is 62.0 Å². The van der Waals surface area contributed by atoms with Gasteiger partial charge in [0.1, 0.15) is 5.82 Å². The van der Waals surface area contributed by atoms with E-state index in [-0.39, 0.29) is 11.7 Å². The van der Waals surface area contributed by atoms with Crippen molar-refractivity contribution in [2.45, 2.75) is 20.8 Å². The van der Waals surface area contributed by atoms with Gasteiger partial charge in [-0.3, -0.25) is 4.99 Å². The number of aromatic amines is 1. The van der Waals surface area contributed by atoms with Gasteiger partial charge in [0.2, 0.25) is 0 Å². The largest absolute Gasteiger partial charge is 0.494 e. The van der Waals surface area contributed by atoms with Gasteiger partial charge in [-0.15, -0.1) is 0 Å². The molecule has 148 valence electrons. The smallest absolute Gasteiger partial charge is 0.198 e. The van der Waals surface area contributed by atoms with Crippen LogP contribution in [0.2, 0.25) is 0 Å². The van der Waals surface area contributed by atoms with E-state index in [1.54, 1.807) is 12.3 Å². The van der Waals surface area contributed by atoms with E-state index >= 15 is 0 Å². The van der Waals surface area contributed by atoms with Crippen molar-refractivity contribution in [3.05, 3.63) is 53.3 Å². The predicted octanol–water partition coefficient (Wildman–Crippen LogP) is 4.83. The highest BCUT2D eigenvalue weighted by Gasteiger charge is 2.09. The zero-order valence-electron chi connectivity index (χ0n) is 16.6. The first-order valence-corrected chi connectivity index (χ1v) is 9.63. The van der Waals surface area contributed by atoms with Crippen molar-refractivity contribution in [3.63, 3.8) is 0 Å². The Labute approximate surface area is 164 Å². The molecule has 3 rings (SSSR count). The number of fused-ring (bicyclic) bond motifs is 1. The minimum atomic E-state index is -0.350. The number of hydrogen-bond acceptors (Lipinski definition) is 4. The molecule has 6 heteroatoms. The van der Waals surface area contributed by atoms with Gasteiger partial charge in [0, 0.05) is 30.4 Å². The van der Waals surface area contributed by atoms with Gasteiger partial charge in [0.05, 0.1) is 16.8 Å². The number of aromatic nitrogens is 1. The van der Waals surface area contributed by atoms with E-state index in [1.807, 2.05) is 25.1 Å². The average Bonchev–Trinajstić information content (AvgIpc) is 2.99. The maximum Gasteiger partial charge on any atom is 0.198 e. The fraction of sp³-hybridized carbons (Fsp3) is 0.318. The van der Waals surface area contributed by atoms with Gasteiger partial charge >= 0.3 is 0 Å². The van der Waals surface area contributed by atoms with Crippen LogP contribution in [0.15, 0.2) is 41.4 Å². The van der Waals surface area contributed by atoms with E-state index < -0.39 is 0 Å². The van der Waals surface area contributed by atoms with Gasteiger partial charge < -0.3 is 20.3 Å². The summed E-state index contributed by atoms with van der Waals surface area (Å²) in [6.07, 6.45) is 1.61. The van der Waals surface area contributed by atoms with E-state index in [4.69, 9.17) is 0 Å². The molecule has 0 amide bonds. The Morgan fingerprint density at radius 3 is 2.68 bits per heavy atom. The van der Waals surface area contributed by atoms with Crippen molar-refractivity contribution in [1.29, 1.82) is 0 Å². The van der Waals surface area contributed by atoms with Crippen LogP contribution in [0.5, 0.6) is 5.88 Å². The molecule has 0 radical (unpaired) electrons. The Kier molecular flexibility index (Phi) is 6.31. The lowest BCUT2D eigenvalue weighted by molar-refractivity contribution is 0.316. The molecule has 0 aliphatic heterocycles. The summed E-state index contributed by atoms with van der Waals surface area (Å²) in [5, 5.41) is 14.3. The molecule has 0 saturated carbocycles. The second-order valence-electron chi connectivity index (χ2n) is 6.79. The van der Waals surface area contributed by atoms with Crippen molar-refractivity contribution < 1.29 is 9.50 Å². The number of aromatic hydroxyl groups is 1. The van der Waals surface area contributed by atoms with Crippen molar-refractivity contribution in [2.24, 2.45) is 4.99 Å². The van der Waals surface area contributed by atoms with Crippen LogP contribution in [0.4, 0.5) is 15.8 Å². The molecule has 2 aromatic carbocycles. The number of nitrogens with one attached hydrogen (secondary N) is 2. The highest BCUT2D eigenvalue weighted by atomic mass is 19.1. The lowest BCUT2D eigenvalue weighted by Gasteiger charge is -2.19. The number of halogens is 1. The van der Waals surface area contributed by atoms with Crippen LogP contribution in [0.1, 0.15) is 25.0 Å². The van der Waals surface area contributed by atoms with Crippen molar-refractivity contribution in [3.8, 4) is 5.88 Å². The molecule has 0 unspecified atom stereocenters. The number of aryl methyl sites for hydroxylation is 1. The van der Waals surface area contributed by atoms with E-state index in [2.05, 4.69) is 34.0 Å². The number of anilines is 1. The molecule has 1 heterocycles. The summed E-state index contributed by atoms with van der Waals surface area (Å²) in [5.74, 6) is -0.368. The zero-order valence-corrected chi connectivity index (χ0v) is 16.6. The van der Waals surface area contributed by atoms with Crippen LogP contribution >= 0.6 is 0 Å². The molecule has 1 aromatic heterocycles. The van der Waals surface area contributed by atoms with Crippen LogP contribution in [0.25, 0.3) is 10.9 Å². The van der Waals surface area contributed by atoms with Gasteiger partial charge in [0.15, 0.2) is 5.88 Å². The van der Waals surface area contributed by atoms with Crippen LogP contribution in [-0.4, -0.2) is 47.4 Å². The third kappa shape index (κ3) is 4.51. The summed E-state index contributed by atoms with van der Waals surface area (Å²) in [5.41, 5.74) is 4.09.